The number of nitrogens with zero attached hydrogens (tertiary/aromatic N) is 2. The fourth-order valence-corrected chi connectivity index (χ4v) is 2.46. The Morgan fingerprint density at radius 3 is 2.76 bits per heavy atom. The van der Waals surface area contributed by atoms with Crippen LogP contribution in [0.3, 0.4) is 0 Å². The molecule has 3 rings (SSSR count). The number of aromatic nitrogens is 1. The Morgan fingerprint density at radius 2 is 2.00 bits per heavy atom. The molecule has 0 radical (unpaired) electrons. The van der Waals surface area contributed by atoms with Crippen LogP contribution in [0.2, 0.25) is 0 Å². The molecule has 2 N–H and O–H groups in total. The van der Waals surface area contributed by atoms with Crippen LogP contribution in [0.25, 0.3) is 0 Å². The van der Waals surface area contributed by atoms with Crippen molar-refractivity contribution in [3.63, 3.8) is 0 Å². The van der Waals surface area contributed by atoms with Gasteiger partial charge in [-0.05, 0) is 29.7 Å². The van der Waals surface area contributed by atoms with Crippen LogP contribution < -0.4 is 24.8 Å². The van der Waals surface area contributed by atoms with Crippen LogP contribution in [0.5, 0.6) is 17.4 Å². The van der Waals surface area contributed by atoms with Gasteiger partial charge in [0.05, 0.1) is 7.11 Å². The number of ether oxygens (including phenoxy) is 3. The van der Waals surface area contributed by atoms with Crippen LogP contribution in [-0.4, -0.2) is 38.4 Å². The van der Waals surface area contributed by atoms with E-state index < -0.39 is 0 Å². The van der Waals surface area contributed by atoms with Gasteiger partial charge in [0.1, 0.15) is 0 Å². The zero-order valence-corrected chi connectivity index (χ0v) is 14.4. The Balaban J connectivity index is 1.44. The van der Waals surface area contributed by atoms with Crippen LogP contribution in [0.15, 0.2) is 41.5 Å². The largest absolute Gasteiger partial charge is 0.481 e. The van der Waals surface area contributed by atoms with Crippen molar-refractivity contribution < 1.29 is 14.2 Å². The molecule has 2 heterocycles. The lowest BCUT2D eigenvalue weighted by Crippen LogP contribution is -2.37. The fourth-order valence-electron chi connectivity index (χ4n) is 2.46. The third kappa shape index (κ3) is 4.53. The second-order valence-electron chi connectivity index (χ2n) is 5.50. The highest BCUT2D eigenvalue weighted by Crippen LogP contribution is 2.32. The summed E-state index contributed by atoms with van der Waals surface area (Å²) in [6, 6.07) is 9.82. The second-order valence-corrected chi connectivity index (χ2v) is 5.50. The zero-order valence-electron chi connectivity index (χ0n) is 14.4. The van der Waals surface area contributed by atoms with E-state index in [9.17, 15) is 0 Å². The number of methoxy groups -OCH3 is 1. The van der Waals surface area contributed by atoms with Gasteiger partial charge < -0.3 is 24.8 Å². The predicted octanol–water partition coefficient (Wildman–Crippen LogP) is 1.73. The van der Waals surface area contributed by atoms with E-state index in [0.717, 1.165) is 36.0 Å². The van der Waals surface area contributed by atoms with Crippen molar-refractivity contribution >= 4 is 5.96 Å². The topological polar surface area (TPSA) is 77.0 Å². The molecular weight excluding hydrogens is 320 g/mol. The van der Waals surface area contributed by atoms with E-state index in [0.29, 0.717) is 19.2 Å². The van der Waals surface area contributed by atoms with Gasteiger partial charge in [-0.25, -0.2) is 4.98 Å². The highest BCUT2D eigenvalue weighted by Gasteiger charge is 2.12. The molecule has 0 spiro atoms. The summed E-state index contributed by atoms with van der Waals surface area (Å²) < 4.78 is 15.8. The summed E-state index contributed by atoms with van der Waals surface area (Å²) in [6.07, 6.45) is 2.65. The lowest BCUT2D eigenvalue weighted by molar-refractivity contribution is 0.174. The Labute approximate surface area is 147 Å². The Bertz CT molecular complexity index is 732. The standard InChI is InChI=1S/C18H22N4O3/c1-19-18(22-11-14-4-6-17(23-2)21-10-14)20-8-7-13-3-5-15-16(9-13)25-12-24-15/h3-6,9-10H,7-8,11-12H2,1-2H3,(H2,19,20,22). The molecule has 0 atom stereocenters. The van der Waals surface area contributed by atoms with E-state index >= 15 is 0 Å². The molecule has 1 aromatic heterocycles. The third-order valence-electron chi connectivity index (χ3n) is 3.83. The maximum Gasteiger partial charge on any atom is 0.231 e. The van der Waals surface area contributed by atoms with E-state index in [1.165, 1.54) is 5.56 Å². The van der Waals surface area contributed by atoms with Crippen LogP contribution >= 0.6 is 0 Å². The van der Waals surface area contributed by atoms with E-state index in [2.05, 4.69) is 26.7 Å². The second kappa shape index (κ2) is 8.23. The van der Waals surface area contributed by atoms with Crippen LogP contribution in [0.4, 0.5) is 0 Å². The third-order valence-corrected chi connectivity index (χ3v) is 3.83. The summed E-state index contributed by atoms with van der Waals surface area (Å²) in [5.41, 5.74) is 2.24. The summed E-state index contributed by atoms with van der Waals surface area (Å²) in [5, 5.41) is 6.56. The molecule has 0 saturated heterocycles. The summed E-state index contributed by atoms with van der Waals surface area (Å²) >= 11 is 0. The summed E-state index contributed by atoms with van der Waals surface area (Å²) in [6.45, 7) is 1.70. The fraction of sp³-hybridized carbons (Fsp3) is 0.333. The molecule has 7 heteroatoms. The summed E-state index contributed by atoms with van der Waals surface area (Å²) in [7, 11) is 3.36. The molecule has 1 aliphatic heterocycles. The zero-order chi connectivity index (χ0) is 17.5. The van der Waals surface area contributed by atoms with Crippen molar-refractivity contribution in [2.45, 2.75) is 13.0 Å². The molecule has 1 aromatic carbocycles. The number of hydrogen-bond acceptors (Lipinski definition) is 5. The van der Waals surface area contributed by atoms with Gasteiger partial charge >= 0.3 is 0 Å². The average molecular weight is 342 g/mol. The van der Waals surface area contributed by atoms with Gasteiger partial charge in [0, 0.05) is 32.4 Å². The maximum atomic E-state index is 5.40. The van der Waals surface area contributed by atoms with Gasteiger partial charge in [-0.2, -0.15) is 0 Å². The minimum atomic E-state index is 0.299. The number of hydrogen-bond donors (Lipinski definition) is 2. The van der Waals surface area contributed by atoms with Crippen molar-refractivity contribution in [1.29, 1.82) is 0 Å². The molecule has 1 aliphatic rings. The van der Waals surface area contributed by atoms with Crippen molar-refractivity contribution in [2.75, 3.05) is 27.5 Å². The minimum absolute atomic E-state index is 0.299. The summed E-state index contributed by atoms with van der Waals surface area (Å²) in [4.78, 5) is 8.42. The number of guanidine groups is 1. The summed E-state index contributed by atoms with van der Waals surface area (Å²) in [5.74, 6) is 2.97. The quantitative estimate of drug-likeness (QED) is 0.615. The van der Waals surface area contributed by atoms with Gasteiger partial charge in [0.15, 0.2) is 17.5 Å². The number of aliphatic imine (C=N–C) groups is 1. The van der Waals surface area contributed by atoms with Gasteiger partial charge in [-0.15, -0.1) is 0 Å². The molecule has 7 nitrogen and oxygen atoms in total. The number of nitrogens with one attached hydrogen (secondary N) is 2. The molecular formula is C18H22N4O3. The lowest BCUT2D eigenvalue weighted by atomic mass is 10.1. The highest BCUT2D eigenvalue weighted by atomic mass is 16.7. The van der Waals surface area contributed by atoms with Crippen molar-refractivity contribution in [2.24, 2.45) is 4.99 Å². The van der Waals surface area contributed by atoms with E-state index in [4.69, 9.17) is 14.2 Å². The van der Waals surface area contributed by atoms with E-state index in [1.807, 2.05) is 24.3 Å². The number of benzene rings is 1. The van der Waals surface area contributed by atoms with Gasteiger partial charge in [0.25, 0.3) is 0 Å². The lowest BCUT2D eigenvalue weighted by Gasteiger charge is -2.12. The van der Waals surface area contributed by atoms with Crippen molar-refractivity contribution in [3.8, 4) is 17.4 Å². The monoisotopic (exact) mass is 342 g/mol. The minimum Gasteiger partial charge on any atom is -0.481 e. The van der Waals surface area contributed by atoms with Crippen LogP contribution in [0.1, 0.15) is 11.1 Å². The molecule has 0 fully saturated rings. The molecule has 25 heavy (non-hydrogen) atoms. The molecule has 132 valence electrons. The normalized spacial score (nSPS) is 12.8. The number of fused-ring (bicyclic) bond motifs is 1. The Morgan fingerprint density at radius 1 is 1.16 bits per heavy atom. The molecule has 2 aromatic rings. The first-order valence-electron chi connectivity index (χ1n) is 8.10. The molecule has 0 bridgehead atoms. The first-order valence-corrected chi connectivity index (χ1v) is 8.10. The highest BCUT2D eigenvalue weighted by molar-refractivity contribution is 5.79. The van der Waals surface area contributed by atoms with Crippen molar-refractivity contribution in [1.82, 2.24) is 15.6 Å². The van der Waals surface area contributed by atoms with Gasteiger partial charge in [-0.3, -0.25) is 4.99 Å². The smallest absolute Gasteiger partial charge is 0.231 e. The maximum absolute atomic E-state index is 5.40. The SMILES string of the molecule is CN=C(NCCc1ccc2c(c1)OCO2)NCc1ccc(OC)nc1. The van der Waals surface area contributed by atoms with Gasteiger partial charge in [-0.1, -0.05) is 12.1 Å². The number of pyridine rings is 1. The van der Waals surface area contributed by atoms with E-state index in [1.54, 1.807) is 20.4 Å². The predicted molar refractivity (Wildman–Crippen MR) is 95.3 cm³/mol. The first kappa shape index (κ1) is 16.9. The molecule has 0 saturated carbocycles. The Hall–Kier alpha value is -2.96. The Kier molecular flexibility index (Phi) is 5.56. The first-order chi connectivity index (χ1) is 12.3. The average Bonchev–Trinajstić information content (AvgIpc) is 3.12. The number of rotatable bonds is 6. The molecule has 0 aliphatic carbocycles. The van der Waals surface area contributed by atoms with Crippen molar-refractivity contribution in [3.05, 3.63) is 47.7 Å². The molecule has 0 unspecified atom stereocenters. The molecule has 0 amide bonds. The van der Waals surface area contributed by atoms with Crippen LogP contribution in [0, 0.1) is 0 Å². The van der Waals surface area contributed by atoms with E-state index in [-0.39, 0.29) is 0 Å². The van der Waals surface area contributed by atoms with Crippen LogP contribution in [-0.2, 0) is 13.0 Å². The van der Waals surface area contributed by atoms with Gasteiger partial charge in [0.2, 0.25) is 12.7 Å².